The molecule has 0 spiro atoms. The molecule has 4 heteroatoms. The summed E-state index contributed by atoms with van der Waals surface area (Å²) < 4.78 is 1.08. The van der Waals surface area contributed by atoms with Crippen LogP contribution in [0.2, 0.25) is 0 Å². The highest BCUT2D eigenvalue weighted by atomic mass is 79.9. The van der Waals surface area contributed by atoms with Crippen LogP contribution in [-0.4, -0.2) is 49.3 Å². The molecule has 19 heavy (non-hydrogen) atoms. The van der Waals surface area contributed by atoms with Gasteiger partial charge in [-0.05, 0) is 30.7 Å². The molecule has 0 saturated carbocycles. The first-order valence-electron chi connectivity index (χ1n) is 6.73. The number of aliphatic hydroxyl groups is 1. The third kappa shape index (κ3) is 3.71. The quantitative estimate of drug-likeness (QED) is 0.904. The molecular formula is C15H23BrN2O. The first-order chi connectivity index (χ1) is 8.91. The lowest BCUT2D eigenvalue weighted by Gasteiger charge is -2.35. The highest BCUT2D eigenvalue weighted by Crippen LogP contribution is 2.29. The van der Waals surface area contributed by atoms with Crippen molar-refractivity contribution < 1.29 is 5.11 Å². The van der Waals surface area contributed by atoms with E-state index in [2.05, 4.69) is 64.8 Å². The van der Waals surface area contributed by atoms with E-state index in [0.717, 1.165) is 24.1 Å². The molecule has 1 aromatic carbocycles. The summed E-state index contributed by atoms with van der Waals surface area (Å²) in [6, 6.07) is 8.49. The summed E-state index contributed by atoms with van der Waals surface area (Å²) in [6.07, 6.45) is 0. The van der Waals surface area contributed by atoms with E-state index in [4.69, 9.17) is 0 Å². The summed E-state index contributed by atoms with van der Waals surface area (Å²) >= 11 is 3.53. The van der Waals surface area contributed by atoms with E-state index < -0.39 is 0 Å². The van der Waals surface area contributed by atoms with Crippen molar-refractivity contribution in [3.8, 4) is 0 Å². The topological polar surface area (TPSA) is 26.7 Å². The van der Waals surface area contributed by atoms with E-state index in [0.29, 0.717) is 0 Å². The lowest BCUT2D eigenvalue weighted by molar-refractivity contribution is 0.213. The van der Waals surface area contributed by atoms with Crippen molar-refractivity contribution in [2.24, 2.45) is 5.41 Å². The van der Waals surface area contributed by atoms with Crippen molar-refractivity contribution in [3.63, 3.8) is 0 Å². The van der Waals surface area contributed by atoms with Gasteiger partial charge in [0.2, 0.25) is 0 Å². The van der Waals surface area contributed by atoms with Crippen LogP contribution in [-0.2, 0) is 0 Å². The van der Waals surface area contributed by atoms with E-state index in [1.165, 1.54) is 5.69 Å². The van der Waals surface area contributed by atoms with Crippen molar-refractivity contribution in [2.75, 3.05) is 38.2 Å². The van der Waals surface area contributed by atoms with Crippen LogP contribution in [0.25, 0.3) is 0 Å². The first kappa shape index (κ1) is 14.8. The number of hydrogen-bond donors (Lipinski definition) is 1. The zero-order valence-electron chi connectivity index (χ0n) is 11.9. The zero-order valence-corrected chi connectivity index (χ0v) is 13.5. The van der Waals surface area contributed by atoms with Gasteiger partial charge in [-0.15, -0.1) is 0 Å². The van der Waals surface area contributed by atoms with Crippen LogP contribution in [0, 0.1) is 5.41 Å². The number of hydrogen-bond acceptors (Lipinski definition) is 3. The fraction of sp³-hybridized carbons (Fsp3) is 0.600. The van der Waals surface area contributed by atoms with Crippen molar-refractivity contribution >= 4 is 21.6 Å². The number of aliphatic hydroxyl groups excluding tert-OH is 1. The molecule has 0 radical (unpaired) electrons. The Morgan fingerprint density at radius 3 is 2.74 bits per heavy atom. The Morgan fingerprint density at radius 1 is 1.37 bits per heavy atom. The fourth-order valence-electron chi connectivity index (χ4n) is 3.01. The van der Waals surface area contributed by atoms with Gasteiger partial charge in [0.25, 0.3) is 0 Å². The molecule has 1 saturated heterocycles. The average Bonchev–Trinajstić information content (AvgIpc) is 2.44. The Bertz CT molecular complexity index is 436. The molecule has 0 amide bonds. The van der Waals surface area contributed by atoms with E-state index >= 15 is 0 Å². The van der Waals surface area contributed by atoms with E-state index in [9.17, 15) is 5.11 Å². The normalized spacial score (nSPS) is 24.3. The summed E-state index contributed by atoms with van der Waals surface area (Å²) in [7, 11) is 2.13. The number of anilines is 1. The largest absolute Gasteiger partial charge is 0.394 e. The van der Waals surface area contributed by atoms with Gasteiger partial charge in [-0.2, -0.15) is 0 Å². The lowest BCUT2D eigenvalue weighted by Crippen LogP contribution is -2.44. The standard InChI is InChI=1S/C15H23BrN2O/c1-15(2)10-17(3)8-14(9-19)18(11-15)13-6-4-5-12(16)7-13/h4-7,14,19H,8-11H2,1-3H3. The van der Waals surface area contributed by atoms with Crippen LogP contribution in [0.1, 0.15) is 13.8 Å². The van der Waals surface area contributed by atoms with Crippen molar-refractivity contribution in [2.45, 2.75) is 19.9 Å². The molecule has 106 valence electrons. The fourth-order valence-corrected chi connectivity index (χ4v) is 3.39. The zero-order chi connectivity index (χ0) is 14.0. The third-order valence-electron chi connectivity index (χ3n) is 3.61. The molecule has 0 aromatic heterocycles. The third-order valence-corrected chi connectivity index (χ3v) is 4.10. The van der Waals surface area contributed by atoms with Gasteiger partial charge < -0.3 is 14.9 Å². The van der Waals surface area contributed by atoms with Crippen LogP contribution >= 0.6 is 15.9 Å². The molecule has 1 atom stereocenters. The molecule has 0 aliphatic carbocycles. The molecule has 1 N–H and O–H groups in total. The minimum Gasteiger partial charge on any atom is -0.394 e. The van der Waals surface area contributed by atoms with E-state index in [-0.39, 0.29) is 18.1 Å². The second-order valence-corrected chi connectivity index (χ2v) is 7.22. The number of halogens is 1. The number of likely N-dealkylation sites (N-methyl/N-ethyl adjacent to an activating group) is 1. The minimum absolute atomic E-state index is 0.154. The highest BCUT2D eigenvalue weighted by molar-refractivity contribution is 9.10. The maximum Gasteiger partial charge on any atom is 0.0648 e. The van der Waals surface area contributed by atoms with Crippen LogP contribution in [0.4, 0.5) is 5.69 Å². The molecule has 1 aromatic rings. The van der Waals surface area contributed by atoms with Crippen molar-refractivity contribution in [1.29, 1.82) is 0 Å². The summed E-state index contributed by atoms with van der Waals surface area (Å²) in [4.78, 5) is 4.66. The lowest BCUT2D eigenvalue weighted by atomic mass is 9.92. The van der Waals surface area contributed by atoms with Gasteiger partial charge in [0.1, 0.15) is 0 Å². The van der Waals surface area contributed by atoms with E-state index in [1.54, 1.807) is 0 Å². The van der Waals surface area contributed by atoms with Gasteiger partial charge in [-0.25, -0.2) is 0 Å². The Labute approximate surface area is 124 Å². The molecule has 3 nitrogen and oxygen atoms in total. The van der Waals surface area contributed by atoms with Crippen LogP contribution < -0.4 is 4.90 Å². The van der Waals surface area contributed by atoms with Gasteiger partial charge >= 0.3 is 0 Å². The van der Waals surface area contributed by atoms with Crippen LogP contribution in [0.15, 0.2) is 28.7 Å². The molecule has 1 aliphatic heterocycles. The van der Waals surface area contributed by atoms with Gasteiger partial charge in [0.15, 0.2) is 0 Å². The molecule has 0 bridgehead atoms. The Hall–Kier alpha value is -0.580. The summed E-state index contributed by atoms with van der Waals surface area (Å²) in [5.41, 5.74) is 1.39. The van der Waals surface area contributed by atoms with Gasteiger partial charge in [-0.3, -0.25) is 0 Å². The Balaban J connectivity index is 2.33. The van der Waals surface area contributed by atoms with Gasteiger partial charge in [0, 0.05) is 29.8 Å². The maximum atomic E-state index is 9.72. The summed E-state index contributed by atoms with van der Waals surface area (Å²) in [5.74, 6) is 0. The number of rotatable bonds is 2. The van der Waals surface area contributed by atoms with Gasteiger partial charge in [-0.1, -0.05) is 35.8 Å². The molecule has 2 rings (SSSR count). The molecule has 1 unspecified atom stereocenters. The molecular weight excluding hydrogens is 304 g/mol. The van der Waals surface area contributed by atoms with Crippen LogP contribution in [0.3, 0.4) is 0 Å². The van der Waals surface area contributed by atoms with Crippen molar-refractivity contribution in [1.82, 2.24) is 4.90 Å². The average molecular weight is 327 g/mol. The smallest absolute Gasteiger partial charge is 0.0648 e. The molecule has 1 aliphatic rings. The summed E-state index contributed by atoms with van der Waals surface area (Å²) in [6.45, 7) is 7.66. The minimum atomic E-state index is 0.154. The molecule has 1 heterocycles. The SMILES string of the molecule is CN1CC(CO)N(c2cccc(Br)c2)CC(C)(C)C1. The predicted octanol–water partition coefficient (Wildman–Crippen LogP) is 2.59. The second kappa shape index (κ2) is 5.81. The first-order valence-corrected chi connectivity index (χ1v) is 7.52. The van der Waals surface area contributed by atoms with Crippen molar-refractivity contribution in [3.05, 3.63) is 28.7 Å². The maximum absolute atomic E-state index is 9.72. The Kier molecular flexibility index (Phi) is 4.54. The van der Waals surface area contributed by atoms with Gasteiger partial charge in [0.05, 0.1) is 12.6 Å². The monoisotopic (exact) mass is 326 g/mol. The highest BCUT2D eigenvalue weighted by Gasteiger charge is 2.32. The summed E-state index contributed by atoms with van der Waals surface area (Å²) in [5, 5.41) is 9.72. The van der Waals surface area contributed by atoms with Crippen LogP contribution in [0.5, 0.6) is 0 Å². The van der Waals surface area contributed by atoms with E-state index in [1.807, 2.05) is 6.07 Å². The Morgan fingerprint density at radius 2 is 2.11 bits per heavy atom. The number of nitrogens with zero attached hydrogens (tertiary/aromatic N) is 2. The second-order valence-electron chi connectivity index (χ2n) is 6.31. The molecule has 1 fully saturated rings. The predicted molar refractivity (Wildman–Crippen MR) is 83.6 cm³/mol. The number of benzene rings is 1.